The van der Waals surface area contributed by atoms with E-state index in [1.54, 1.807) is 24.3 Å². The van der Waals surface area contributed by atoms with E-state index in [0.717, 1.165) is 0 Å². The van der Waals surface area contributed by atoms with Crippen LogP contribution >= 0.6 is 0 Å². The highest BCUT2D eigenvalue weighted by atomic mass is 32.2. The number of halogens is 1. The van der Waals surface area contributed by atoms with Gasteiger partial charge in [0.15, 0.2) is 0 Å². The molecule has 19 heavy (non-hydrogen) atoms. The predicted octanol–water partition coefficient (Wildman–Crippen LogP) is 2.64. The minimum atomic E-state index is -4.30. The summed E-state index contributed by atoms with van der Waals surface area (Å²) in [7, 11) is -4.30. The first-order valence-electron chi connectivity index (χ1n) is 5.56. The number of carbonyl (C=O) groups excluding carboxylic acids is 1. The maximum absolute atomic E-state index is 14.0. The van der Waals surface area contributed by atoms with Crippen LogP contribution in [0, 0.1) is 0 Å². The largest absolute Gasteiger partial charge is 0.290 e. The Morgan fingerprint density at radius 1 is 0.895 bits per heavy atom. The lowest BCUT2D eigenvalue weighted by Crippen LogP contribution is -2.26. The molecule has 0 heterocycles. The van der Waals surface area contributed by atoms with Crippen LogP contribution in [0.25, 0.3) is 0 Å². The van der Waals surface area contributed by atoms with Gasteiger partial charge in [-0.05, 0) is 12.1 Å². The molecule has 5 heteroatoms. The van der Waals surface area contributed by atoms with Crippen molar-refractivity contribution in [2.24, 2.45) is 0 Å². The number of Topliss-reactive ketones (excluding diaryl/α,β-unsaturated/α-hetero) is 1. The Labute approximate surface area is 110 Å². The topological polar surface area (TPSA) is 51.2 Å². The predicted molar refractivity (Wildman–Crippen MR) is 69.3 cm³/mol. The molecule has 0 saturated carbocycles. The van der Waals surface area contributed by atoms with Gasteiger partial charge in [0, 0.05) is 5.56 Å². The van der Waals surface area contributed by atoms with Gasteiger partial charge in [-0.3, -0.25) is 4.79 Å². The van der Waals surface area contributed by atoms with Gasteiger partial charge in [-0.15, -0.1) is 0 Å². The van der Waals surface area contributed by atoms with Gasteiger partial charge in [-0.1, -0.05) is 48.5 Å². The number of alkyl halides is 1. The Hall–Kier alpha value is -2.01. The van der Waals surface area contributed by atoms with Gasteiger partial charge < -0.3 is 0 Å². The quantitative estimate of drug-likeness (QED) is 0.808. The third-order valence-electron chi connectivity index (χ3n) is 2.61. The standard InChI is InChI=1S/C14H11FO3S/c15-14(13(16)11-7-3-1-4-8-11)19(17,18)12-9-5-2-6-10-12/h1-10,14H. The minimum Gasteiger partial charge on any atom is -0.290 e. The zero-order valence-electron chi connectivity index (χ0n) is 9.86. The van der Waals surface area contributed by atoms with Crippen molar-refractivity contribution in [3.63, 3.8) is 0 Å². The van der Waals surface area contributed by atoms with Gasteiger partial charge in [0.1, 0.15) is 0 Å². The molecule has 0 aromatic heterocycles. The molecule has 2 aromatic carbocycles. The average Bonchev–Trinajstić information content (AvgIpc) is 2.47. The van der Waals surface area contributed by atoms with Crippen molar-refractivity contribution >= 4 is 15.6 Å². The van der Waals surface area contributed by atoms with E-state index in [0.29, 0.717) is 0 Å². The summed E-state index contributed by atoms with van der Waals surface area (Å²) < 4.78 is 37.9. The second kappa shape index (κ2) is 5.32. The summed E-state index contributed by atoms with van der Waals surface area (Å²) in [4.78, 5) is 11.6. The number of ketones is 1. The van der Waals surface area contributed by atoms with Crippen LogP contribution in [-0.2, 0) is 9.84 Å². The molecule has 0 fully saturated rings. The van der Waals surface area contributed by atoms with E-state index < -0.39 is 21.1 Å². The second-order valence-electron chi connectivity index (χ2n) is 3.90. The highest BCUT2D eigenvalue weighted by Crippen LogP contribution is 2.20. The summed E-state index contributed by atoms with van der Waals surface area (Å²) in [5, 5.41) is 0. The van der Waals surface area contributed by atoms with Crippen molar-refractivity contribution in [1.82, 2.24) is 0 Å². The Morgan fingerprint density at radius 2 is 1.37 bits per heavy atom. The number of hydrogen-bond acceptors (Lipinski definition) is 3. The molecule has 0 spiro atoms. The first-order valence-corrected chi connectivity index (χ1v) is 7.10. The highest BCUT2D eigenvalue weighted by Gasteiger charge is 2.34. The fraction of sp³-hybridized carbons (Fsp3) is 0.0714. The van der Waals surface area contributed by atoms with Gasteiger partial charge >= 0.3 is 0 Å². The van der Waals surface area contributed by atoms with E-state index in [1.165, 1.54) is 36.4 Å². The van der Waals surface area contributed by atoms with E-state index in [-0.39, 0.29) is 10.5 Å². The van der Waals surface area contributed by atoms with Crippen LogP contribution in [0.4, 0.5) is 4.39 Å². The van der Waals surface area contributed by atoms with Crippen molar-refractivity contribution in [2.45, 2.75) is 10.4 Å². The van der Waals surface area contributed by atoms with Gasteiger partial charge in [-0.2, -0.15) is 0 Å². The number of sulfone groups is 1. The number of benzene rings is 2. The number of hydrogen-bond donors (Lipinski definition) is 0. The van der Waals surface area contributed by atoms with Crippen molar-refractivity contribution in [2.75, 3.05) is 0 Å². The van der Waals surface area contributed by atoms with Crippen LogP contribution in [0.15, 0.2) is 65.6 Å². The van der Waals surface area contributed by atoms with Gasteiger partial charge in [0.2, 0.25) is 15.6 Å². The van der Waals surface area contributed by atoms with Crippen LogP contribution < -0.4 is 0 Å². The summed E-state index contributed by atoms with van der Waals surface area (Å²) in [5.41, 5.74) is -2.55. The molecule has 0 aliphatic rings. The zero-order valence-corrected chi connectivity index (χ0v) is 10.7. The SMILES string of the molecule is O=C(c1ccccc1)C(F)S(=O)(=O)c1ccccc1. The van der Waals surface area contributed by atoms with Gasteiger partial charge in [-0.25, -0.2) is 12.8 Å². The first kappa shape index (κ1) is 13.4. The zero-order chi connectivity index (χ0) is 13.9. The molecule has 2 aromatic rings. The van der Waals surface area contributed by atoms with E-state index in [4.69, 9.17) is 0 Å². The van der Waals surface area contributed by atoms with Crippen LogP contribution in [-0.4, -0.2) is 19.7 Å². The van der Waals surface area contributed by atoms with Crippen LogP contribution in [0.2, 0.25) is 0 Å². The molecule has 0 aliphatic heterocycles. The van der Waals surface area contributed by atoms with E-state index >= 15 is 0 Å². The normalized spacial score (nSPS) is 12.9. The number of rotatable bonds is 4. The molecule has 1 unspecified atom stereocenters. The lowest BCUT2D eigenvalue weighted by atomic mass is 10.1. The first-order chi connectivity index (χ1) is 9.03. The third kappa shape index (κ3) is 2.71. The Kier molecular flexibility index (Phi) is 3.76. The van der Waals surface area contributed by atoms with Crippen molar-refractivity contribution in [3.05, 3.63) is 66.2 Å². The molecule has 0 amide bonds. The van der Waals surface area contributed by atoms with Crippen molar-refractivity contribution in [1.29, 1.82) is 0 Å². The fourth-order valence-corrected chi connectivity index (χ4v) is 2.80. The molecule has 98 valence electrons. The van der Waals surface area contributed by atoms with E-state index in [9.17, 15) is 17.6 Å². The molecule has 0 aliphatic carbocycles. The fourth-order valence-electron chi connectivity index (χ4n) is 1.60. The van der Waals surface area contributed by atoms with Crippen molar-refractivity contribution in [3.8, 4) is 0 Å². The van der Waals surface area contributed by atoms with E-state index in [2.05, 4.69) is 0 Å². The minimum absolute atomic E-state index is 0.0366. The summed E-state index contributed by atoms with van der Waals surface area (Å²) in [6.07, 6.45) is 0. The van der Waals surface area contributed by atoms with Gasteiger partial charge in [0.05, 0.1) is 4.90 Å². The van der Waals surface area contributed by atoms with E-state index in [1.807, 2.05) is 0 Å². The maximum Gasteiger partial charge on any atom is 0.267 e. The Morgan fingerprint density at radius 3 is 1.89 bits per heavy atom. The molecule has 0 saturated heterocycles. The molecule has 0 N–H and O–H groups in total. The molecular weight excluding hydrogens is 267 g/mol. The summed E-state index contributed by atoms with van der Waals surface area (Å²) in [6.45, 7) is 0. The molecule has 0 radical (unpaired) electrons. The third-order valence-corrected chi connectivity index (χ3v) is 4.30. The summed E-state index contributed by atoms with van der Waals surface area (Å²) in [5.74, 6) is -1.05. The van der Waals surface area contributed by atoms with Crippen molar-refractivity contribution < 1.29 is 17.6 Å². The number of carbonyl (C=O) groups is 1. The van der Waals surface area contributed by atoms with Crippen LogP contribution in [0.3, 0.4) is 0 Å². The molecule has 1 atom stereocenters. The lowest BCUT2D eigenvalue weighted by Gasteiger charge is -2.09. The lowest BCUT2D eigenvalue weighted by molar-refractivity contribution is 0.0933. The molecular formula is C14H11FO3S. The van der Waals surface area contributed by atoms with Gasteiger partial charge in [0.25, 0.3) is 5.50 Å². The molecule has 2 rings (SSSR count). The molecule has 0 bridgehead atoms. The Bertz CT molecular complexity index is 666. The second-order valence-corrected chi connectivity index (χ2v) is 5.88. The smallest absolute Gasteiger partial charge is 0.267 e. The van der Waals surface area contributed by atoms with Crippen LogP contribution in [0.5, 0.6) is 0 Å². The average molecular weight is 278 g/mol. The summed E-state index contributed by atoms with van der Waals surface area (Å²) >= 11 is 0. The van der Waals surface area contributed by atoms with Crippen LogP contribution in [0.1, 0.15) is 10.4 Å². The highest BCUT2D eigenvalue weighted by molar-refractivity contribution is 7.92. The maximum atomic E-state index is 14.0. The monoisotopic (exact) mass is 278 g/mol. The Balaban J connectivity index is 2.35. The molecule has 3 nitrogen and oxygen atoms in total. The summed E-state index contributed by atoms with van der Waals surface area (Å²) in [6, 6.07) is 14.6.